The number of aromatic hydroxyl groups is 1. The third kappa shape index (κ3) is 3.83. The van der Waals surface area contributed by atoms with E-state index in [2.05, 4.69) is 51.2 Å². The molecular weight excluding hydrogens is 340 g/mol. The highest BCUT2D eigenvalue weighted by Gasteiger charge is 2.27. The average molecular weight is 364 g/mol. The largest absolute Gasteiger partial charge is 0.507 e. The van der Waals surface area contributed by atoms with E-state index in [1.54, 1.807) is 24.7 Å². The Labute approximate surface area is 158 Å². The predicted octanol–water partition coefficient (Wildman–Crippen LogP) is 2.76. The van der Waals surface area contributed by atoms with Crippen LogP contribution in [-0.4, -0.2) is 49.9 Å². The van der Waals surface area contributed by atoms with E-state index in [4.69, 9.17) is 0 Å². The minimum Gasteiger partial charge on any atom is -0.507 e. The van der Waals surface area contributed by atoms with Crippen LogP contribution in [0, 0.1) is 0 Å². The zero-order valence-corrected chi connectivity index (χ0v) is 15.8. The summed E-state index contributed by atoms with van der Waals surface area (Å²) in [5.74, 6) is 0.774. The highest BCUT2D eigenvalue weighted by atomic mass is 16.3. The van der Waals surface area contributed by atoms with Crippen LogP contribution in [0.4, 0.5) is 5.95 Å². The Hall–Kier alpha value is -2.80. The third-order valence-corrected chi connectivity index (χ3v) is 4.69. The summed E-state index contributed by atoms with van der Waals surface area (Å²) in [5, 5.41) is 24.4. The maximum atomic E-state index is 10.3. The maximum absolute atomic E-state index is 10.3. The van der Waals surface area contributed by atoms with Crippen LogP contribution in [0.5, 0.6) is 5.75 Å². The topological polar surface area (TPSA) is 87.1 Å². The first kappa shape index (κ1) is 17.6. The lowest BCUT2D eigenvalue weighted by Crippen LogP contribution is -2.45. The van der Waals surface area contributed by atoms with E-state index in [9.17, 15) is 5.11 Å². The summed E-state index contributed by atoms with van der Waals surface area (Å²) in [7, 11) is 0. The van der Waals surface area contributed by atoms with Crippen molar-refractivity contribution in [1.29, 1.82) is 0 Å². The van der Waals surface area contributed by atoms with E-state index in [1.807, 2.05) is 12.1 Å². The average Bonchev–Trinajstić information content (AvgIpc) is 3.08. The SMILES string of the molecule is CC(C)(C)NC1CCN(c2ncc(-c3cc4ccncc4cc3O)nn2)C1. The molecule has 27 heavy (non-hydrogen) atoms. The molecule has 0 saturated carbocycles. The molecule has 1 atom stereocenters. The zero-order chi connectivity index (χ0) is 19.0. The lowest BCUT2D eigenvalue weighted by molar-refractivity contribution is 0.373. The first-order chi connectivity index (χ1) is 12.9. The molecule has 2 N–H and O–H groups in total. The monoisotopic (exact) mass is 364 g/mol. The molecule has 0 spiro atoms. The molecule has 7 heteroatoms. The second kappa shape index (κ2) is 6.74. The molecule has 7 nitrogen and oxygen atoms in total. The van der Waals surface area contributed by atoms with Gasteiger partial charge >= 0.3 is 0 Å². The Morgan fingerprint density at radius 2 is 2.00 bits per heavy atom. The van der Waals surface area contributed by atoms with Gasteiger partial charge in [0.1, 0.15) is 11.4 Å². The van der Waals surface area contributed by atoms with Crippen molar-refractivity contribution in [3.63, 3.8) is 0 Å². The quantitative estimate of drug-likeness (QED) is 0.739. The molecule has 1 aromatic carbocycles. The van der Waals surface area contributed by atoms with Crippen molar-refractivity contribution >= 4 is 16.7 Å². The molecule has 0 aliphatic carbocycles. The van der Waals surface area contributed by atoms with Gasteiger partial charge in [0.25, 0.3) is 0 Å². The molecule has 4 rings (SSSR count). The van der Waals surface area contributed by atoms with Gasteiger partial charge in [0.15, 0.2) is 0 Å². The molecule has 3 heterocycles. The highest BCUT2D eigenvalue weighted by Crippen LogP contribution is 2.31. The van der Waals surface area contributed by atoms with E-state index in [0.29, 0.717) is 23.2 Å². The Bertz CT molecular complexity index is 951. The number of aromatic nitrogens is 4. The Morgan fingerprint density at radius 3 is 2.74 bits per heavy atom. The summed E-state index contributed by atoms with van der Waals surface area (Å²) in [5.41, 5.74) is 1.26. The van der Waals surface area contributed by atoms with Gasteiger partial charge in [-0.2, -0.15) is 0 Å². The molecule has 2 aromatic heterocycles. The number of phenols is 1. The van der Waals surface area contributed by atoms with Crippen molar-refractivity contribution in [2.45, 2.75) is 38.8 Å². The van der Waals surface area contributed by atoms with Crippen molar-refractivity contribution in [3.8, 4) is 17.0 Å². The van der Waals surface area contributed by atoms with Gasteiger partial charge in [-0.3, -0.25) is 4.98 Å². The van der Waals surface area contributed by atoms with E-state index in [-0.39, 0.29) is 11.3 Å². The highest BCUT2D eigenvalue weighted by molar-refractivity contribution is 5.89. The second-order valence-electron chi connectivity index (χ2n) is 8.06. The number of nitrogens with zero attached hydrogens (tertiary/aromatic N) is 5. The summed E-state index contributed by atoms with van der Waals surface area (Å²) >= 11 is 0. The van der Waals surface area contributed by atoms with Crippen molar-refractivity contribution in [1.82, 2.24) is 25.5 Å². The molecule has 0 amide bonds. The molecule has 3 aromatic rings. The molecule has 0 bridgehead atoms. The number of nitrogens with one attached hydrogen (secondary N) is 1. The normalized spacial score (nSPS) is 17.6. The first-order valence-corrected chi connectivity index (χ1v) is 9.18. The van der Waals surface area contributed by atoms with Gasteiger partial charge in [-0.1, -0.05) is 0 Å². The van der Waals surface area contributed by atoms with Crippen LogP contribution < -0.4 is 10.2 Å². The van der Waals surface area contributed by atoms with Crippen LogP contribution in [0.3, 0.4) is 0 Å². The van der Waals surface area contributed by atoms with Gasteiger partial charge in [0, 0.05) is 48.0 Å². The lowest BCUT2D eigenvalue weighted by atomic mass is 10.1. The van der Waals surface area contributed by atoms with Crippen molar-refractivity contribution in [3.05, 3.63) is 36.8 Å². The van der Waals surface area contributed by atoms with E-state index >= 15 is 0 Å². The summed E-state index contributed by atoms with van der Waals surface area (Å²) < 4.78 is 0. The van der Waals surface area contributed by atoms with Crippen LogP contribution >= 0.6 is 0 Å². The van der Waals surface area contributed by atoms with Gasteiger partial charge in [0.2, 0.25) is 5.95 Å². The number of anilines is 1. The summed E-state index contributed by atoms with van der Waals surface area (Å²) in [6.07, 6.45) is 6.18. The number of pyridine rings is 1. The first-order valence-electron chi connectivity index (χ1n) is 9.18. The summed E-state index contributed by atoms with van der Waals surface area (Å²) in [6, 6.07) is 5.90. The molecule has 1 unspecified atom stereocenters. The van der Waals surface area contributed by atoms with Gasteiger partial charge in [-0.15, -0.1) is 10.2 Å². The fourth-order valence-corrected chi connectivity index (χ4v) is 3.54. The second-order valence-corrected chi connectivity index (χ2v) is 8.06. The molecule has 1 aliphatic rings. The van der Waals surface area contributed by atoms with E-state index < -0.39 is 0 Å². The van der Waals surface area contributed by atoms with Crippen molar-refractivity contribution < 1.29 is 5.11 Å². The Morgan fingerprint density at radius 1 is 1.15 bits per heavy atom. The van der Waals surface area contributed by atoms with E-state index in [0.717, 1.165) is 30.3 Å². The number of hydrogen-bond acceptors (Lipinski definition) is 7. The third-order valence-electron chi connectivity index (χ3n) is 4.69. The van der Waals surface area contributed by atoms with Gasteiger partial charge < -0.3 is 15.3 Å². The fraction of sp³-hybridized carbons (Fsp3) is 0.400. The predicted molar refractivity (Wildman–Crippen MR) is 106 cm³/mol. The van der Waals surface area contributed by atoms with Crippen LogP contribution in [0.2, 0.25) is 0 Å². The minimum absolute atomic E-state index is 0.0901. The van der Waals surface area contributed by atoms with Gasteiger partial charge in [0.05, 0.1) is 6.20 Å². The van der Waals surface area contributed by atoms with Crippen molar-refractivity contribution in [2.75, 3.05) is 18.0 Å². The summed E-state index contributed by atoms with van der Waals surface area (Å²) in [6.45, 7) is 8.30. The number of rotatable bonds is 3. The van der Waals surface area contributed by atoms with Crippen molar-refractivity contribution in [2.24, 2.45) is 0 Å². The summed E-state index contributed by atoms with van der Waals surface area (Å²) in [4.78, 5) is 10.7. The minimum atomic E-state index is 0.0901. The molecule has 1 saturated heterocycles. The van der Waals surface area contributed by atoms with Crippen LogP contribution in [-0.2, 0) is 0 Å². The standard InChI is InChI=1S/C20H24N6O/c1-20(2,3)23-15-5-7-26(12-15)19-22-11-17(24-25-19)16-8-13-4-6-21-10-14(13)9-18(16)27/h4,6,8-11,15,23,27H,5,7,12H2,1-3H3. The number of fused-ring (bicyclic) bond motifs is 1. The fourth-order valence-electron chi connectivity index (χ4n) is 3.54. The van der Waals surface area contributed by atoms with Crippen LogP contribution in [0.25, 0.3) is 22.0 Å². The Kier molecular flexibility index (Phi) is 4.39. The Balaban J connectivity index is 1.54. The maximum Gasteiger partial charge on any atom is 0.245 e. The lowest BCUT2D eigenvalue weighted by Gasteiger charge is -2.25. The van der Waals surface area contributed by atoms with Gasteiger partial charge in [-0.25, -0.2) is 4.98 Å². The van der Waals surface area contributed by atoms with E-state index in [1.165, 1.54) is 0 Å². The molecule has 140 valence electrons. The van der Waals surface area contributed by atoms with Crippen LogP contribution in [0.15, 0.2) is 36.8 Å². The smallest absolute Gasteiger partial charge is 0.245 e. The molecule has 0 radical (unpaired) electrons. The number of hydrogen-bond donors (Lipinski definition) is 2. The zero-order valence-electron chi connectivity index (χ0n) is 15.8. The number of phenolic OH excluding ortho intramolecular Hbond substituents is 1. The van der Waals surface area contributed by atoms with Crippen LogP contribution in [0.1, 0.15) is 27.2 Å². The number of benzene rings is 1. The molecule has 1 aliphatic heterocycles. The molecular formula is C20H24N6O. The van der Waals surface area contributed by atoms with Gasteiger partial charge in [-0.05, 0) is 50.8 Å². The molecule has 1 fully saturated rings.